The van der Waals surface area contributed by atoms with E-state index in [1.165, 1.54) is 23.5 Å². The molecule has 33 heavy (non-hydrogen) atoms. The van der Waals surface area contributed by atoms with E-state index in [0.29, 0.717) is 26.5 Å². The molecule has 1 saturated heterocycles. The lowest BCUT2D eigenvalue weighted by Gasteiger charge is -2.17. The Labute approximate surface area is 204 Å². The Morgan fingerprint density at radius 1 is 1.03 bits per heavy atom. The normalized spacial score (nSPS) is 18.9. The molecule has 2 aliphatic heterocycles. The molecule has 0 bridgehead atoms. The van der Waals surface area contributed by atoms with Crippen molar-refractivity contribution >= 4 is 63.3 Å². The second-order valence-corrected chi connectivity index (χ2v) is 9.65. The maximum Gasteiger partial charge on any atom is 0.274 e. The van der Waals surface area contributed by atoms with Crippen molar-refractivity contribution in [3.05, 3.63) is 81.7 Å². The number of aromatic hydroxyl groups is 1. The summed E-state index contributed by atoms with van der Waals surface area (Å²) in [4.78, 5) is 23.6. The number of aliphatic imine (C=N–C) groups is 1. The zero-order valence-corrected chi connectivity index (χ0v) is 20.0. The van der Waals surface area contributed by atoms with E-state index in [0.717, 1.165) is 21.4 Å². The van der Waals surface area contributed by atoms with Crippen LogP contribution in [-0.2, 0) is 4.79 Å². The number of halogens is 1. The Hall–Kier alpha value is -3.07. The number of fused-ring (bicyclic) bond motifs is 1. The Morgan fingerprint density at radius 2 is 1.79 bits per heavy atom. The maximum atomic E-state index is 13.7. The first-order valence-corrected chi connectivity index (χ1v) is 12.0. The molecular weight excluding hydrogens is 478 g/mol. The van der Waals surface area contributed by atoms with Gasteiger partial charge in [0.05, 0.1) is 34.2 Å². The van der Waals surface area contributed by atoms with E-state index in [4.69, 9.17) is 21.3 Å². The highest BCUT2D eigenvalue weighted by Gasteiger charge is 2.40. The van der Waals surface area contributed by atoms with E-state index in [1.807, 2.05) is 42.3 Å². The van der Waals surface area contributed by atoms with Gasteiger partial charge in [0, 0.05) is 18.0 Å². The zero-order chi connectivity index (χ0) is 23.1. The van der Waals surface area contributed by atoms with Crippen molar-refractivity contribution in [2.75, 3.05) is 24.0 Å². The number of hydrogen-bond donors (Lipinski definition) is 1. The molecule has 9 heteroatoms. The third-order valence-corrected chi connectivity index (χ3v) is 7.91. The van der Waals surface area contributed by atoms with Crippen molar-refractivity contribution in [2.24, 2.45) is 4.99 Å². The van der Waals surface area contributed by atoms with Crippen molar-refractivity contribution in [2.45, 2.75) is 4.90 Å². The first-order valence-electron chi connectivity index (χ1n) is 9.94. The van der Waals surface area contributed by atoms with E-state index < -0.39 is 0 Å². The maximum absolute atomic E-state index is 13.7. The molecule has 1 fully saturated rings. The van der Waals surface area contributed by atoms with E-state index >= 15 is 0 Å². The molecule has 2 heterocycles. The third kappa shape index (κ3) is 3.94. The number of carbonyl (C=O) groups excluding carboxylic acids is 1. The smallest absolute Gasteiger partial charge is 0.274 e. The number of para-hydroxylation sites is 1. The first-order chi connectivity index (χ1) is 16.0. The molecule has 0 radical (unpaired) electrons. The fourth-order valence-electron chi connectivity index (χ4n) is 3.51. The Kier molecular flexibility index (Phi) is 5.74. The van der Waals surface area contributed by atoms with Crippen LogP contribution in [0.1, 0.15) is 0 Å². The Balaban J connectivity index is 1.61. The average Bonchev–Trinajstić information content (AvgIpc) is 3.32. The number of nitrogens with zero attached hydrogens (tertiary/aromatic N) is 3. The molecule has 1 amide bonds. The van der Waals surface area contributed by atoms with E-state index in [1.54, 1.807) is 48.4 Å². The van der Waals surface area contributed by atoms with Crippen molar-refractivity contribution in [3.8, 4) is 11.5 Å². The van der Waals surface area contributed by atoms with Crippen LogP contribution in [-0.4, -0.2) is 30.3 Å². The van der Waals surface area contributed by atoms with Crippen molar-refractivity contribution in [1.29, 1.82) is 0 Å². The molecule has 0 aliphatic carbocycles. The number of carbonyl (C=O) groups is 1. The number of amides is 1. The van der Waals surface area contributed by atoms with Crippen molar-refractivity contribution in [3.63, 3.8) is 0 Å². The number of rotatable bonds is 3. The van der Waals surface area contributed by atoms with Gasteiger partial charge in [-0.05, 0) is 60.3 Å². The van der Waals surface area contributed by atoms with Gasteiger partial charge in [-0.3, -0.25) is 9.69 Å². The summed E-state index contributed by atoms with van der Waals surface area (Å²) in [7, 11) is 3.56. The lowest BCUT2D eigenvalue weighted by Crippen LogP contribution is -2.29. The predicted molar refractivity (Wildman–Crippen MR) is 136 cm³/mol. The number of phenols is 1. The first kappa shape index (κ1) is 21.8. The van der Waals surface area contributed by atoms with Crippen LogP contribution in [0.4, 0.5) is 17.1 Å². The fourth-order valence-corrected chi connectivity index (χ4v) is 6.00. The van der Waals surface area contributed by atoms with Gasteiger partial charge in [0.15, 0.2) is 5.17 Å². The van der Waals surface area contributed by atoms with Crippen LogP contribution in [0.3, 0.4) is 0 Å². The number of ether oxygens (including phenoxy) is 1. The van der Waals surface area contributed by atoms with Crippen LogP contribution in [0.5, 0.6) is 11.5 Å². The number of thioether (sulfide) groups is 2. The van der Waals surface area contributed by atoms with E-state index in [9.17, 15) is 9.90 Å². The monoisotopic (exact) mass is 495 g/mol. The highest BCUT2D eigenvalue weighted by atomic mass is 35.5. The number of amidine groups is 1. The van der Waals surface area contributed by atoms with Crippen LogP contribution >= 0.6 is 35.1 Å². The molecule has 0 unspecified atom stereocenters. The summed E-state index contributed by atoms with van der Waals surface area (Å²) in [6.07, 6.45) is 0. The predicted octanol–water partition coefficient (Wildman–Crippen LogP) is 6.23. The second kappa shape index (κ2) is 8.70. The molecule has 6 nitrogen and oxygen atoms in total. The minimum Gasteiger partial charge on any atom is -0.508 e. The second-order valence-electron chi connectivity index (χ2n) is 7.23. The number of benzene rings is 3. The molecule has 166 valence electrons. The van der Waals surface area contributed by atoms with Gasteiger partial charge >= 0.3 is 0 Å². The van der Waals surface area contributed by atoms with Gasteiger partial charge in [-0.1, -0.05) is 35.5 Å². The summed E-state index contributed by atoms with van der Waals surface area (Å²) in [5, 5.41) is 11.5. The third-order valence-electron chi connectivity index (χ3n) is 5.19. The minimum absolute atomic E-state index is 0.122. The van der Waals surface area contributed by atoms with E-state index in [-0.39, 0.29) is 11.7 Å². The molecule has 2 aliphatic rings. The number of phenolic OH excluding ortho intramolecular Hbond substituents is 1. The molecule has 1 N–H and O–H groups in total. The van der Waals surface area contributed by atoms with Gasteiger partial charge in [-0.2, -0.15) is 0 Å². The van der Waals surface area contributed by atoms with Gasteiger partial charge in [-0.25, -0.2) is 4.99 Å². The standard InChI is InChI=1S/C24H18ClN3O3S2/c1-27-19-13-16(31-2)11-12-20(19)32-23(27)21-22(30)28(14-7-9-15(29)10-8-14)24(33-21)26-18-6-4-3-5-17(18)25/h3-13,29H,1-2H3. The molecule has 0 spiro atoms. The Bertz CT molecular complexity index is 1320. The fraction of sp³-hybridized carbons (Fsp3) is 0.0833. The summed E-state index contributed by atoms with van der Waals surface area (Å²) < 4.78 is 5.36. The molecule has 3 aromatic rings. The molecule has 0 aromatic heterocycles. The molecule has 0 atom stereocenters. The zero-order valence-electron chi connectivity index (χ0n) is 17.7. The lowest BCUT2D eigenvalue weighted by molar-refractivity contribution is -0.113. The van der Waals surface area contributed by atoms with Gasteiger partial charge in [-0.15, -0.1) is 0 Å². The summed E-state index contributed by atoms with van der Waals surface area (Å²) in [5.41, 5.74) is 2.16. The summed E-state index contributed by atoms with van der Waals surface area (Å²) in [6, 6.07) is 19.6. The summed E-state index contributed by atoms with van der Waals surface area (Å²) in [5.74, 6) is 0.687. The average molecular weight is 496 g/mol. The summed E-state index contributed by atoms with van der Waals surface area (Å²) in [6.45, 7) is 0. The SMILES string of the molecule is COc1ccc2c(c1)N(C)C(=C1SC(=Nc3ccccc3Cl)N(c3ccc(O)cc3)C1=O)S2. The van der Waals surface area contributed by atoms with Crippen LogP contribution in [0, 0.1) is 0 Å². The molecule has 3 aromatic carbocycles. The number of anilines is 2. The molecular formula is C24H18ClN3O3S2. The van der Waals surface area contributed by atoms with Gasteiger partial charge in [0.25, 0.3) is 5.91 Å². The van der Waals surface area contributed by atoms with Crippen molar-refractivity contribution < 1.29 is 14.6 Å². The highest BCUT2D eigenvalue weighted by Crippen LogP contribution is 2.51. The van der Waals surface area contributed by atoms with Gasteiger partial charge in [0.1, 0.15) is 16.4 Å². The molecule has 5 rings (SSSR count). The lowest BCUT2D eigenvalue weighted by atomic mass is 10.2. The quantitative estimate of drug-likeness (QED) is 0.434. The Morgan fingerprint density at radius 3 is 2.52 bits per heavy atom. The molecule has 0 saturated carbocycles. The van der Waals surface area contributed by atoms with Gasteiger partial charge in [0.2, 0.25) is 0 Å². The van der Waals surface area contributed by atoms with Crippen LogP contribution in [0.2, 0.25) is 5.02 Å². The summed E-state index contributed by atoms with van der Waals surface area (Å²) >= 11 is 9.18. The van der Waals surface area contributed by atoms with Crippen molar-refractivity contribution in [1.82, 2.24) is 0 Å². The highest BCUT2D eigenvalue weighted by molar-refractivity contribution is 8.20. The number of methoxy groups -OCH3 is 1. The minimum atomic E-state index is -0.189. The van der Waals surface area contributed by atoms with Crippen LogP contribution in [0.25, 0.3) is 0 Å². The number of hydrogen-bond acceptors (Lipinski definition) is 7. The van der Waals surface area contributed by atoms with Crippen LogP contribution in [0.15, 0.2) is 86.6 Å². The van der Waals surface area contributed by atoms with Crippen LogP contribution < -0.4 is 14.5 Å². The largest absolute Gasteiger partial charge is 0.508 e. The van der Waals surface area contributed by atoms with Gasteiger partial charge < -0.3 is 14.7 Å². The topological polar surface area (TPSA) is 65.4 Å². The van der Waals surface area contributed by atoms with E-state index in [2.05, 4.69) is 0 Å².